The number of nitrogens with zero attached hydrogens (tertiary/aromatic N) is 3. The SMILES string of the molecule is CCc1cn(C(C)CO[Si](C)(C)C(C)(C)C)c2nc(Cl)ncc12. The first-order valence-electron chi connectivity index (χ1n) is 8.22. The molecule has 2 aromatic rings. The van der Waals surface area contributed by atoms with Gasteiger partial charge in [-0.2, -0.15) is 4.98 Å². The van der Waals surface area contributed by atoms with Crippen molar-refractivity contribution in [2.75, 3.05) is 6.61 Å². The Morgan fingerprint density at radius 1 is 1.35 bits per heavy atom. The lowest BCUT2D eigenvalue weighted by Crippen LogP contribution is -2.41. The van der Waals surface area contributed by atoms with Crippen LogP contribution in [0.25, 0.3) is 11.0 Å². The summed E-state index contributed by atoms with van der Waals surface area (Å²) in [5.41, 5.74) is 2.14. The highest BCUT2D eigenvalue weighted by atomic mass is 35.5. The molecular formula is C17H28ClN3OSi. The molecule has 0 saturated carbocycles. The standard InChI is InChI=1S/C17H28ClN3OSi/c1-8-13-10-21(15-14(13)9-19-16(18)20-15)12(2)11-22-23(6,7)17(3,4)5/h9-10,12H,8,11H2,1-7H3. The van der Waals surface area contributed by atoms with Crippen molar-refractivity contribution in [1.82, 2.24) is 14.5 Å². The van der Waals surface area contributed by atoms with Crippen molar-refractivity contribution >= 4 is 31.0 Å². The van der Waals surface area contributed by atoms with E-state index in [2.05, 4.69) is 68.4 Å². The van der Waals surface area contributed by atoms with Gasteiger partial charge in [-0.15, -0.1) is 0 Å². The average molecular weight is 354 g/mol. The molecule has 0 fully saturated rings. The minimum absolute atomic E-state index is 0.206. The molecule has 0 aromatic carbocycles. The van der Waals surface area contributed by atoms with Gasteiger partial charge in [0.1, 0.15) is 5.65 Å². The second-order valence-electron chi connectivity index (χ2n) is 7.71. The molecule has 0 saturated heterocycles. The van der Waals surface area contributed by atoms with Crippen molar-refractivity contribution in [1.29, 1.82) is 0 Å². The van der Waals surface area contributed by atoms with Gasteiger partial charge in [-0.3, -0.25) is 0 Å². The molecular weight excluding hydrogens is 326 g/mol. The molecule has 2 rings (SSSR count). The predicted molar refractivity (Wildman–Crippen MR) is 99.8 cm³/mol. The fourth-order valence-corrected chi connectivity index (χ4v) is 3.54. The molecule has 0 bridgehead atoms. The third-order valence-corrected chi connectivity index (χ3v) is 9.65. The van der Waals surface area contributed by atoms with E-state index in [4.69, 9.17) is 16.0 Å². The van der Waals surface area contributed by atoms with E-state index in [9.17, 15) is 0 Å². The highest BCUT2D eigenvalue weighted by Crippen LogP contribution is 2.37. The second kappa shape index (κ2) is 6.53. The van der Waals surface area contributed by atoms with E-state index in [1.807, 2.05) is 6.20 Å². The van der Waals surface area contributed by atoms with Crippen molar-refractivity contribution in [2.45, 2.75) is 65.2 Å². The number of aromatic nitrogens is 3. The smallest absolute Gasteiger partial charge is 0.224 e. The molecule has 1 unspecified atom stereocenters. The molecule has 0 amide bonds. The first-order chi connectivity index (χ1) is 10.6. The highest BCUT2D eigenvalue weighted by Gasteiger charge is 2.37. The Kier molecular flexibility index (Phi) is 5.23. The molecule has 4 nitrogen and oxygen atoms in total. The van der Waals surface area contributed by atoms with Crippen LogP contribution in [-0.4, -0.2) is 29.5 Å². The molecule has 128 valence electrons. The minimum atomic E-state index is -1.75. The number of hydrogen-bond donors (Lipinski definition) is 0. The Morgan fingerprint density at radius 2 is 2.00 bits per heavy atom. The van der Waals surface area contributed by atoms with Crippen LogP contribution < -0.4 is 0 Å². The maximum atomic E-state index is 6.37. The maximum absolute atomic E-state index is 6.37. The summed E-state index contributed by atoms with van der Waals surface area (Å²) in [5, 5.41) is 1.58. The quantitative estimate of drug-likeness (QED) is 0.545. The van der Waals surface area contributed by atoms with Crippen LogP contribution in [0.2, 0.25) is 23.4 Å². The van der Waals surface area contributed by atoms with Crippen LogP contribution in [0.3, 0.4) is 0 Å². The summed E-state index contributed by atoms with van der Waals surface area (Å²) < 4.78 is 8.55. The Hall–Kier alpha value is -0.913. The number of hydrogen-bond acceptors (Lipinski definition) is 3. The summed E-state index contributed by atoms with van der Waals surface area (Å²) in [6, 6.07) is 0.206. The third kappa shape index (κ3) is 3.78. The lowest BCUT2D eigenvalue weighted by Gasteiger charge is -2.37. The van der Waals surface area contributed by atoms with E-state index in [0.717, 1.165) is 17.5 Å². The zero-order valence-electron chi connectivity index (χ0n) is 15.3. The summed E-state index contributed by atoms with van der Waals surface area (Å²) in [4.78, 5) is 8.55. The largest absolute Gasteiger partial charge is 0.415 e. The van der Waals surface area contributed by atoms with Gasteiger partial charge in [-0.25, -0.2) is 4.98 Å². The van der Waals surface area contributed by atoms with Gasteiger partial charge < -0.3 is 8.99 Å². The van der Waals surface area contributed by atoms with Crippen LogP contribution in [0.4, 0.5) is 0 Å². The Bertz CT molecular complexity index is 691. The van der Waals surface area contributed by atoms with E-state index in [1.165, 1.54) is 5.56 Å². The molecule has 0 radical (unpaired) electrons. The van der Waals surface area contributed by atoms with Gasteiger partial charge in [0.2, 0.25) is 5.28 Å². The topological polar surface area (TPSA) is 39.9 Å². The molecule has 23 heavy (non-hydrogen) atoms. The van der Waals surface area contributed by atoms with Gasteiger partial charge >= 0.3 is 0 Å². The van der Waals surface area contributed by atoms with Crippen LogP contribution in [0.15, 0.2) is 12.4 Å². The van der Waals surface area contributed by atoms with Gasteiger partial charge in [0.15, 0.2) is 8.32 Å². The van der Waals surface area contributed by atoms with Crippen LogP contribution in [-0.2, 0) is 10.8 Å². The van der Waals surface area contributed by atoms with E-state index in [-0.39, 0.29) is 16.4 Å². The summed E-state index contributed by atoms with van der Waals surface area (Å²) in [7, 11) is -1.75. The summed E-state index contributed by atoms with van der Waals surface area (Å²) in [6.45, 7) is 16.3. The molecule has 0 N–H and O–H groups in total. The van der Waals surface area contributed by atoms with E-state index in [1.54, 1.807) is 0 Å². The fraction of sp³-hybridized carbons (Fsp3) is 0.647. The number of halogens is 1. The molecule has 0 aliphatic rings. The van der Waals surface area contributed by atoms with E-state index >= 15 is 0 Å². The van der Waals surface area contributed by atoms with Gasteiger partial charge in [0.05, 0.1) is 12.6 Å². The number of fused-ring (bicyclic) bond motifs is 1. The van der Waals surface area contributed by atoms with Crippen LogP contribution in [0.1, 0.15) is 46.2 Å². The zero-order valence-corrected chi connectivity index (χ0v) is 17.0. The first kappa shape index (κ1) is 18.4. The second-order valence-corrected chi connectivity index (χ2v) is 12.9. The lowest BCUT2D eigenvalue weighted by atomic mass is 10.2. The summed E-state index contributed by atoms with van der Waals surface area (Å²) in [6.07, 6.45) is 4.93. The zero-order chi connectivity index (χ0) is 17.4. The number of aryl methyl sites for hydroxylation is 1. The average Bonchev–Trinajstić information content (AvgIpc) is 2.81. The van der Waals surface area contributed by atoms with Crippen LogP contribution in [0, 0.1) is 0 Å². The van der Waals surface area contributed by atoms with Crippen LogP contribution >= 0.6 is 11.6 Å². The molecule has 0 aliphatic carbocycles. The molecule has 1 atom stereocenters. The van der Waals surface area contributed by atoms with Gasteiger partial charge in [0.25, 0.3) is 0 Å². The van der Waals surface area contributed by atoms with Gasteiger partial charge in [-0.1, -0.05) is 27.7 Å². The monoisotopic (exact) mass is 353 g/mol. The van der Waals surface area contributed by atoms with Crippen molar-refractivity contribution in [3.8, 4) is 0 Å². The summed E-state index contributed by atoms with van der Waals surface area (Å²) in [5.74, 6) is 0. The predicted octanol–water partition coefficient (Wildman–Crippen LogP) is 5.23. The Morgan fingerprint density at radius 3 is 2.57 bits per heavy atom. The van der Waals surface area contributed by atoms with Crippen molar-refractivity contribution in [3.05, 3.63) is 23.2 Å². The first-order valence-corrected chi connectivity index (χ1v) is 11.5. The fourth-order valence-electron chi connectivity index (χ4n) is 2.32. The van der Waals surface area contributed by atoms with Gasteiger partial charge in [0, 0.05) is 17.8 Å². The van der Waals surface area contributed by atoms with E-state index < -0.39 is 8.32 Å². The Balaban J connectivity index is 2.28. The molecule has 2 heterocycles. The minimum Gasteiger partial charge on any atom is -0.415 e. The van der Waals surface area contributed by atoms with Crippen molar-refractivity contribution < 1.29 is 4.43 Å². The molecule has 6 heteroatoms. The Labute approximate surface area is 145 Å². The van der Waals surface area contributed by atoms with Crippen LogP contribution in [0.5, 0.6) is 0 Å². The normalized spacial score (nSPS) is 14.4. The van der Waals surface area contributed by atoms with Crippen molar-refractivity contribution in [3.63, 3.8) is 0 Å². The lowest BCUT2D eigenvalue weighted by molar-refractivity contribution is 0.241. The van der Waals surface area contributed by atoms with E-state index in [0.29, 0.717) is 6.61 Å². The maximum Gasteiger partial charge on any atom is 0.224 e. The third-order valence-electron chi connectivity index (χ3n) is 4.97. The molecule has 2 aromatic heterocycles. The number of rotatable bonds is 5. The summed E-state index contributed by atoms with van der Waals surface area (Å²) >= 11 is 6.00. The van der Waals surface area contributed by atoms with Gasteiger partial charge in [-0.05, 0) is 48.6 Å². The molecule has 0 spiro atoms. The van der Waals surface area contributed by atoms with Crippen molar-refractivity contribution in [2.24, 2.45) is 0 Å². The highest BCUT2D eigenvalue weighted by molar-refractivity contribution is 6.74. The molecule has 0 aliphatic heterocycles.